The highest BCUT2D eigenvalue weighted by Gasteiger charge is 2.56. The second-order valence-electron chi connectivity index (χ2n) is 3.79. The van der Waals surface area contributed by atoms with E-state index in [2.05, 4.69) is 0 Å². The van der Waals surface area contributed by atoms with Gasteiger partial charge >= 0.3 is 0 Å². The van der Waals surface area contributed by atoms with Crippen molar-refractivity contribution in [3.05, 3.63) is 0 Å². The van der Waals surface area contributed by atoms with Gasteiger partial charge in [-0.05, 0) is 37.6 Å². The van der Waals surface area contributed by atoms with Crippen LogP contribution in [0.1, 0.15) is 25.7 Å². The van der Waals surface area contributed by atoms with Gasteiger partial charge in [-0.3, -0.25) is 4.79 Å². The Morgan fingerprint density at radius 1 is 1.55 bits per heavy atom. The first-order chi connectivity index (χ1) is 5.34. The zero-order valence-electron chi connectivity index (χ0n) is 6.75. The number of nitrogens with two attached hydrogens (primary N) is 1. The molecular formula is C9H15NO. The van der Waals surface area contributed by atoms with Crippen LogP contribution in [0.25, 0.3) is 0 Å². The summed E-state index contributed by atoms with van der Waals surface area (Å²) >= 11 is 0. The number of carbonyl (C=O) groups is 1. The van der Waals surface area contributed by atoms with Crippen LogP contribution in [0.4, 0.5) is 0 Å². The van der Waals surface area contributed by atoms with E-state index in [1.807, 2.05) is 0 Å². The predicted octanol–water partition coefficient (Wildman–Crippen LogP) is 0.950. The molecule has 0 heterocycles. The molecule has 0 aromatic heterocycles. The molecule has 0 aromatic rings. The molecule has 3 unspecified atom stereocenters. The molecule has 2 nitrogen and oxygen atoms in total. The third-order valence-corrected chi connectivity index (χ3v) is 3.17. The lowest BCUT2D eigenvalue weighted by molar-refractivity contribution is -0.119. The summed E-state index contributed by atoms with van der Waals surface area (Å²) in [6.07, 6.45) is 4.32. The van der Waals surface area contributed by atoms with E-state index in [-0.39, 0.29) is 0 Å². The zero-order valence-corrected chi connectivity index (χ0v) is 6.75. The summed E-state index contributed by atoms with van der Waals surface area (Å²) in [7, 11) is 0. The molecule has 2 N–H and O–H groups in total. The van der Waals surface area contributed by atoms with Crippen LogP contribution in [0.5, 0.6) is 0 Å². The van der Waals surface area contributed by atoms with Crippen molar-refractivity contribution in [2.24, 2.45) is 23.5 Å². The monoisotopic (exact) mass is 153 g/mol. The number of fused-ring (bicyclic) bond motifs is 1. The second-order valence-corrected chi connectivity index (χ2v) is 3.79. The van der Waals surface area contributed by atoms with Gasteiger partial charge in [-0.1, -0.05) is 0 Å². The molecule has 2 rings (SSSR count). The lowest BCUT2D eigenvalue weighted by Crippen LogP contribution is -2.03. The Morgan fingerprint density at radius 2 is 2.36 bits per heavy atom. The van der Waals surface area contributed by atoms with E-state index in [9.17, 15) is 4.79 Å². The molecule has 2 aliphatic carbocycles. The molecule has 3 atom stereocenters. The van der Waals surface area contributed by atoms with Crippen molar-refractivity contribution in [3.8, 4) is 0 Å². The first-order valence-electron chi connectivity index (χ1n) is 4.57. The second kappa shape index (κ2) is 2.59. The fourth-order valence-electron chi connectivity index (χ4n) is 2.54. The summed E-state index contributed by atoms with van der Waals surface area (Å²) in [4.78, 5) is 11.2. The maximum Gasteiger partial charge on any atom is 0.136 e. The first kappa shape index (κ1) is 7.29. The Balaban J connectivity index is 1.80. The number of hydrogen-bond donors (Lipinski definition) is 1. The summed E-state index contributed by atoms with van der Waals surface area (Å²) < 4.78 is 0. The molecule has 2 aliphatic rings. The van der Waals surface area contributed by atoms with Crippen LogP contribution in [0.3, 0.4) is 0 Å². The van der Waals surface area contributed by atoms with Crippen molar-refractivity contribution in [1.29, 1.82) is 0 Å². The van der Waals surface area contributed by atoms with Gasteiger partial charge < -0.3 is 5.73 Å². The van der Waals surface area contributed by atoms with Crippen LogP contribution < -0.4 is 5.73 Å². The Bertz CT molecular complexity index is 178. The fourth-order valence-corrected chi connectivity index (χ4v) is 2.54. The molecule has 2 saturated carbocycles. The molecule has 11 heavy (non-hydrogen) atoms. The van der Waals surface area contributed by atoms with Crippen molar-refractivity contribution in [2.45, 2.75) is 25.7 Å². The average molecular weight is 153 g/mol. The molecule has 0 radical (unpaired) electrons. The molecule has 0 amide bonds. The topological polar surface area (TPSA) is 43.1 Å². The van der Waals surface area contributed by atoms with Gasteiger partial charge in [-0.15, -0.1) is 0 Å². The fraction of sp³-hybridized carbons (Fsp3) is 0.889. The van der Waals surface area contributed by atoms with Crippen LogP contribution in [-0.2, 0) is 4.79 Å². The van der Waals surface area contributed by atoms with Crippen LogP contribution in [-0.4, -0.2) is 12.3 Å². The van der Waals surface area contributed by atoms with Crippen molar-refractivity contribution < 1.29 is 4.79 Å². The molecule has 2 heteroatoms. The van der Waals surface area contributed by atoms with Crippen LogP contribution in [0.15, 0.2) is 0 Å². The van der Waals surface area contributed by atoms with Gasteiger partial charge in [-0.25, -0.2) is 0 Å². The van der Waals surface area contributed by atoms with E-state index in [0.717, 1.165) is 31.2 Å². The normalized spacial score (nSPS) is 40.8. The molecule has 62 valence electrons. The molecule has 0 bridgehead atoms. The minimum absolute atomic E-state index is 0.474. The van der Waals surface area contributed by atoms with Gasteiger partial charge in [0.25, 0.3) is 0 Å². The maximum absolute atomic E-state index is 11.2. The molecule has 0 aromatic carbocycles. The third kappa shape index (κ3) is 1.09. The Hall–Kier alpha value is -0.370. The van der Waals surface area contributed by atoms with E-state index in [1.54, 1.807) is 0 Å². The highest BCUT2D eigenvalue weighted by Crippen LogP contribution is 2.57. The lowest BCUT2D eigenvalue weighted by Gasteiger charge is -1.99. The van der Waals surface area contributed by atoms with Crippen LogP contribution in [0.2, 0.25) is 0 Å². The minimum atomic E-state index is 0.474. The van der Waals surface area contributed by atoms with Crippen LogP contribution in [0, 0.1) is 17.8 Å². The van der Waals surface area contributed by atoms with Gasteiger partial charge in [0.05, 0.1) is 0 Å². The molecule has 0 saturated heterocycles. The first-order valence-corrected chi connectivity index (χ1v) is 4.57. The van der Waals surface area contributed by atoms with Gasteiger partial charge in [0, 0.05) is 12.3 Å². The number of Topliss-reactive ketones (excluding diaryl/α,β-unsaturated/α-hetero) is 1. The smallest absolute Gasteiger partial charge is 0.136 e. The summed E-state index contributed by atoms with van der Waals surface area (Å²) in [5, 5.41) is 0. The highest BCUT2D eigenvalue weighted by molar-refractivity contribution is 5.87. The average Bonchev–Trinajstić information content (AvgIpc) is 2.58. The summed E-state index contributed by atoms with van der Waals surface area (Å²) in [6.45, 7) is 0.782. The van der Waals surface area contributed by atoms with Crippen molar-refractivity contribution >= 4 is 5.78 Å². The van der Waals surface area contributed by atoms with E-state index in [0.29, 0.717) is 11.7 Å². The number of rotatable bonds is 3. The third-order valence-electron chi connectivity index (χ3n) is 3.17. The maximum atomic E-state index is 11.2. The summed E-state index contributed by atoms with van der Waals surface area (Å²) in [5.41, 5.74) is 5.40. The highest BCUT2D eigenvalue weighted by atomic mass is 16.1. The zero-order chi connectivity index (χ0) is 7.84. The van der Waals surface area contributed by atoms with E-state index >= 15 is 0 Å². The van der Waals surface area contributed by atoms with E-state index < -0.39 is 0 Å². The number of carbonyl (C=O) groups excluding carboxylic acids is 1. The summed E-state index contributed by atoms with van der Waals surface area (Å²) in [6, 6.07) is 0. The Labute approximate surface area is 67.1 Å². The molecule has 0 spiro atoms. The molecular weight excluding hydrogens is 138 g/mol. The lowest BCUT2D eigenvalue weighted by atomic mass is 10.1. The quantitative estimate of drug-likeness (QED) is 0.656. The Kier molecular flexibility index (Phi) is 1.72. The van der Waals surface area contributed by atoms with Crippen molar-refractivity contribution in [1.82, 2.24) is 0 Å². The van der Waals surface area contributed by atoms with Gasteiger partial charge in [0.15, 0.2) is 0 Å². The van der Waals surface area contributed by atoms with Crippen molar-refractivity contribution in [2.75, 3.05) is 6.54 Å². The molecule has 0 aliphatic heterocycles. The van der Waals surface area contributed by atoms with Gasteiger partial charge in [0.1, 0.15) is 5.78 Å². The Morgan fingerprint density at radius 3 is 2.91 bits per heavy atom. The number of ketones is 1. The molecule has 2 fully saturated rings. The van der Waals surface area contributed by atoms with Gasteiger partial charge in [-0.2, -0.15) is 0 Å². The van der Waals surface area contributed by atoms with Crippen LogP contribution >= 0.6 is 0 Å². The summed E-state index contributed by atoms with van der Waals surface area (Å²) in [5.74, 6) is 2.51. The van der Waals surface area contributed by atoms with Crippen molar-refractivity contribution in [3.63, 3.8) is 0 Å². The number of hydrogen-bond acceptors (Lipinski definition) is 2. The van der Waals surface area contributed by atoms with E-state index in [4.69, 9.17) is 5.73 Å². The van der Waals surface area contributed by atoms with Gasteiger partial charge in [0.2, 0.25) is 0 Å². The largest absolute Gasteiger partial charge is 0.330 e. The predicted molar refractivity (Wildman–Crippen MR) is 43.0 cm³/mol. The SMILES string of the molecule is NCCCC1C2CCC(=O)C12. The standard InChI is InChI=1S/C9H15NO/c10-5-1-2-6-7-3-4-8(11)9(6)7/h6-7,9H,1-5,10H2. The van der Waals surface area contributed by atoms with E-state index in [1.165, 1.54) is 12.8 Å². The minimum Gasteiger partial charge on any atom is -0.330 e.